The van der Waals surface area contributed by atoms with E-state index < -0.39 is 12.1 Å². The maximum Gasteiger partial charge on any atom is 0.339 e. The van der Waals surface area contributed by atoms with Crippen molar-refractivity contribution in [2.24, 2.45) is 0 Å². The third kappa shape index (κ3) is 4.26. The van der Waals surface area contributed by atoms with E-state index in [1.165, 1.54) is 0 Å². The normalized spacial score (nSPS) is 13.4. The molecule has 20 heavy (non-hydrogen) atoms. The van der Waals surface area contributed by atoms with Gasteiger partial charge in [0.05, 0.1) is 5.56 Å². The fraction of sp³-hybridized carbons (Fsp3) is 0.467. The Morgan fingerprint density at radius 1 is 1.35 bits per heavy atom. The van der Waals surface area contributed by atoms with Gasteiger partial charge in [0.15, 0.2) is 6.10 Å². The van der Waals surface area contributed by atoms with Crippen LogP contribution in [0.3, 0.4) is 0 Å². The molecule has 0 spiro atoms. The fourth-order valence-electron chi connectivity index (χ4n) is 1.66. The molecule has 1 rings (SSSR count). The summed E-state index contributed by atoms with van der Waals surface area (Å²) in [5, 5.41) is 2.77. The molecular formula is C15H22N2O3. The fourth-order valence-corrected chi connectivity index (χ4v) is 1.66. The molecule has 2 atom stereocenters. The molecule has 5 heteroatoms. The van der Waals surface area contributed by atoms with Crippen molar-refractivity contribution in [3.8, 4) is 0 Å². The number of nitrogen functional groups attached to an aromatic ring is 1. The number of carbonyl (C=O) groups excluding carboxylic acids is 2. The molecule has 0 radical (unpaired) electrons. The SMILES string of the molecule is CCC(C)NC(=O)C(C)OC(=O)c1ccc(N)cc1C. The second kappa shape index (κ2) is 6.93. The Balaban J connectivity index is 2.68. The van der Waals surface area contributed by atoms with Crippen molar-refractivity contribution in [2.75, 3.05) is 5.73 Å². The second-order valence-corrected chi connectivity index (χ2v) is 4.94. The van der Waals surface area contributed by atoms with Crippen LogP contribution in [0.25, 0.3) is 0 Å². The van der Waals surface area contributed by atoms with Crippen LogP contribution < -0.4 is 11.1 Å². The molecule has 0 aliphatic heterocycles. The van der Waals surface area contributed by atoms with Gasteiger partial charge < -0.3 is 15.8 Å². The Hall–Kier alpha value is -2.04. The summed E-state index contributed by atoms with van der Waals surface area (Å²) in [6.07, 6.45) is -0.00261. The zero-order valence-corrected chi connectivity index (χ0v) is 12.4. The van der Waals surface area contributed by atoms with Crippen molar-refractivity contribution >= 4 is 17.6 Å². The number of hydrogen-bond acceptors (Lipinski definition) is 4. The van der Waals surface area contributed by atoms with E-state index in [2.05, 4.69) is 5.32 Å². The number of benzene rings is 1. The van der Waals surface area contributed by atoms with Gasteiger partial charge in [0, 0.05) is 11.7 Å². The zero-order valence-electron chi connectivity index (χ0n) is 12.4. The van der Waals surface area contributed by atoms with Crippen molar-refractivity contribution in [3.63, 3.8) is 0 Å². The lowest BCUT2D eigenvalue weighted by Gasteiger charge is -2.17. The highest BCUT2D eigenvalue weighted by Gasteiger charge is 2.20. The lowest BCUT2D eigenvalue weighted by Crippen LogP contribution is -2.40. The average Bonchev–Trinajstić information content (AvgIpc) is 2.37. The van der Waals surface area contributed by atoms with E-state index >= 15 is 0 Å². The van der Waals surface area contributed by atoms with Crippen LogP contribution in [-0.4, -0.2) is 24.0 Å². The second-order valence-electron chi connectivity index (χ2n) is 4.94. The Morgan fingerprint density at radius 3 is 2.55 bits per heavy atom. The topological polar surface area (TPSA) is 81.4 Å². The molecule has 0 saturated carbocycles. The molecule has 0 aromatic heterocycles. The summed E-state index contributed by atoms with van der Waals surface area (Å²) in [5.41, 5.74) is 7.36. The molecule has 2 unspecified atom stereocenters. The number of amides is 1. The first kappa shape index (κ1) is 16.0. The monoisotopic (exact) mass is 278 g/mol. The van der Waals surface area contributed by atoms with E-state index in [1.54, 1.807) is 32.0 Å². The van der Waals surface area contributed by atoms with Crippen molar-refractivity contribution < 1.29 is 14.3 Å². The van der Waals surface area contributed by atoms with Gasteiger partial charge in [-0.25, -0.2) is 4.79 Å². The predicted octanol–water partition coefficient (Wildman–Crippen LogP) is 2.04. The van der Waals surface area contributed by atoms with E-state index in [-0.39, 0.29) is 11.9 Å². The molecule has 1 aromatic carbocycles. The smallest absolute Gasteiger partial charge is 0.339 e. The van der Waals surface area contributed by atoms with Crippen molar-refractivity contribution in [2.45, 2.75) is 46.3 Å². The molecular weight excluding hydrogens is 256 g/mol. The van der Waals surface area contributed by atoms with Gasteiger partial charge in [-0.3, -0.25) is 4.79 Å². The number of hydrogen-bond donors (Lipinski definition) is 2. The van der Waals surface area contributed by atoms with E-state index in [1.807, 2.05) is 13.8 Å². The summed E-state index contributed by atoms with van der Waals surface area (Å²) in [6, 6.07) is 4.99. The van der Waals surface area contributed by atoms with Crippen LogP contribution in [0.5, 0.6) is 0 Å². The van der Waals surface area contributed by atoms with Crippen LogP contribution in [-0.2, 0) is 9.53 Å². The highest BCUT2D eigenvalue weighted by molar-refractivity contribution is 5.93. The molecule has 1 amide bonds. The maximum atomic E-state index is 12.0. The maximum absolute atomic E-state index is 12.0. The van der Waals surface area contributed by atoms with E-state index in [9.17, 15) is 9.59 Å². The first-order chi connectivity index (χ1) is 9.35. The number of rotatable bonds is 5. The Kier molecular flexibility index (Phi) is 5.55. The summed E-state index contributed by atoms with van der Waals surface area (Å²) in [4.78, 5) is 23.8. The summed E-state index contributed by atoms with van der Waals surface area (Å²) in [5.74, 6) is -0.810. The number of nitrogens with two attached hydrogens (primary N) is 1. The van der Waals surface area contributed by atoms with Crippen LogP contribution in [0.4, 0.5) is 5.69 Å². The Morgan fingerprint density at radius 2 is 2.00 bits per heavy atom. The quantitative estimate of drug-likeness (QED) is 0.638. The molecule has 0 aliphatic carbocycles. The number of carbonyl (C=O) groups is 2. The van der Waals surface area contributed by atoms with Gasteiger partial charge in [-0.2, -0.15) is 0 Å². The molecule has 0 saturated heterocycles. The van der Waals surface area contributed by atoms with Crippen LogP contribution >= 0.6 is 0 Å². The molecule has 0 aliphatic rings. The highest BCUT2D eigenvalue weighted by Crippen LogP contribution is 2.14. The van der Waals surface area contributed by atoms with Crippen LogP contribution in [0.1, 0.15) is 43.1 Å². The Bertz CT molecular complexity index is 500. The average molecular weight is 278 g/mol. The summed E-state index contributed by atoms with van der Waals surface area (Å²) in [7, 11) is 0. The lowest BCUT2D eigenvalue weighted by molar-refractivity contribution is -0.129. The predicted molar refractivity (Wildman–Crippen MR) is 78.4 cm³/mol. The largest absolute Gasteiger partial charge is 0.449 e. The van der Waals surface area contributed by atoms with E-state index in [0.717, 1.165) is 12.0 Å². The van der Waals surface area contributed by atoms with Gasteiger partial charge in [0.2, 0.25) is 0 Å². The minimum atomic E-state index is -0.826. The third-order valence-electron chi connectivity index (χ3n) is 3.12. The summed E-state index contributed by atoms with van der Waals surface area (Å²) < 4.78 is 5.17. The van der Waals surface area contributed by atoms with Crippen LogP contribution in [0, 0.1) is 6.92 Å². The minimum absolute atomic E-state index is 0.0573. The molecule has 0 fully saturated rings. The highest BCUT2D eigenvalue weighted by atomic mass is 16.5. The molecule has 3 N–H and O–H groups in total. The molecule has 0 heterocycles. The third-order valence-corrected chi connectivity index (χ3v) is 3.12. The number of nitrogens with one attached hydrogen (secondary N) is 1. The van der Waals surface area contributed by atoms with Gasteiger partial charge in [0.1, 0.15) is 0 Å². The van der Waals surface area contributed by atoms with Gasteiger partial charge >= 0.3 is 5.97 Å². The van der Waals surface area contributed by atoms with Crippen LogP contribution in [0.15, 0.2) is 18.2 Å². The number of anilines is 1. The van der Waals surface area contributed by atoms with Gasteiger partial charge in [-0.15, -0.1) is 0 Å². The minimum Gasteiger partial charge on any atom is -0.449 e. The van der Waals surface area contributed by atoms with Crippen molar-refractivity contribution in [1.82, 2.24) is 5.32 Å². The first-order valence-electron chi connectivity index (χ1n) is 6.72. The summed E-state index contributed by atoms with van der Waals surface area (Å²) >= 11 is 0. The number of ether oxygens (including phenoxy) is 1. The number of esters is 1. The van der Waals surface area contributed by atoms with Gasteiger partial charge in [0.25, 0.3) is 5.91 Å². The lowest BCUT2D eigenvalue weighted by atomic mass is 10.1. The molecule has 5 nitrogen and oxygen atoms in total. The van der Waals surface area contributed by atoms with Crippen molar-refractivity contribution in [1.29, 1.82) is 0 Å². The van der Waals surface area contributed by atoms with Gasteiger partial charge in [-0.1, -0.05) is 6.92 Å². The zero-order chi connectivity index (χ0) is 15.3. The molecule has 110 valence electrons. The van der Waals surface area contributed by atoms with Crippen LogP contribution in [0.2, 0.25) is 0 Å². The molecule has 0 bridgehead atoms. The van der Waals surface area contributed by atoms with E-state index in [4.69, 9.17) is 10.5 Å². The molecule has 1 aromatic rings. The summed E-state index contributed by atoms with van der Waals surface area (Å²) in [6.45, 7) is 7.20. The number of aryl methyl sites for hydroxylation is 1. The van der Waals surface area contributed by atoms with Gasteiger partial charge in [-0.05, 0) is 51.0 Å². The van der Waals surface area contributed by atoms with Crippen molar-refractivity contribution in [3.05, 3.63) is 29.3 Å². The van der Waals surface area contributed by atoms with E-state index in [0.29, 0.717) is 11.3 Å². The Labute approximate surface area is 119 Å². The standard InChI is InChI=1S/C15H22N2O3/c1-5-10(3)17-14(18)11(4)20-15(19)13-7-6-12(16)8-9(13)2/h6-8,10-11H,5,16H2,1-4H3,(H,17,18). The first-order valence-corrected chi connectivity index (χ1v) is 6.72.